The standard InChI is InChI=1S/C21H23N3O3/c1-15(2)16-8-10-17(11-9-16)27-21-19(7-4-12-22-21)20(23-25)24(3)14-18-6-5-13-26-18/h4-13,15,25H,14H2,1-3H3/b23-20-. The molecule has 6 heteroatoms. The Labute approximate surface area is 158 Å². The van der Waals surface area contributed by atoms with E-state index in [0.717, 1.165) is 5.76 Å². The lowest BCUT2D eigenvalue weighted by atomic mass is 10.0. The van der Waals surface area contributed by atoms with Crippen LogP contribution in [0.1, 0.15) is 36.7 Å². The number of ether oxygens (including phenoxy) is 1. The number of hydrogen-bond acceptors (Lipinski definition) is 5. The van der Waals surface area contributed by atoms with Crippen LogP contribution in [0.15, 0.2) is 70.6 Å². The minimum Gasteiger partial charge on any atom is -0.467 e. The zero-order valence-corrected chi connectivity index (χ0v) is 15.7. The molecule has 3 rings (SSSR count). The fourth-order valence-electron chi connectivity index (χ4n) is 2.72. The predicted molar refractivity (Wildman–Crippen MR) is 103 cm³/mol. The van der Waals surface area contributed by atoms with Crippen molar-refractivity contribution in [1.29, 1.82) is 0 Å². The number of pyridine rings is 1. The summed E-state index contributed by atoms with van der Waals surface area (Å²) in [5.74, 6) is 2.59. The van der Waals surface area contributed by atoms with Crippen LogP contribution in [0.3, 0.4) is 0 Å². The molecule has 0 saturated carbocycles. The second-order valence-electron chi connectivity index (χ2n) is 6.54. The molecule has 0 saturated heterocycles. The van der Waals surface area contributed by atoms with Crippen LogP contribution >= 0.6 is 0 Å². The van der Waals surface area contributed by atoms with Gasteiger partial charge in [0.1, 0.15) is 11.5 Å². The van der Waals surface area contributed by atoms with Crippen molar-refractivity contribution in [1.82, 2.24) is 9.88 Å². The summed E-state index contributed by atoms with van der Waals surface area (Å²) in [7, 11) is 1.81. The largest absolute Gasteiger partial charge is 0.467 e. The van der Waals surface area contributed by atoms with Gasteiger partial charge in [0.25, 0.3) is 0 Å². The fraction of sp³-hybridized carbons (Fsp3) is 0.238. The number of amidine groups is 1. The van der Waals surface area contributed by atoms with Crippen LogP contribution in [-0.2, 0) is 6.54 Å². The van der Waals surface area contributed by atoms with Crippen molar-refractivity contribution in [2.45, 2.75) is 26.3 Å². The third-order valence-electron chi connectivity index (χ3n) is 4.20. The maximum absolute atomic E-state index is 9.60. The van der Waals surface area contributed by atoms with E-state index >= 15 is 0 Å². The van der Waals surface area contributed by atoms with Crippen LogP contribution in [0.4, 0.5) is 0 Å². The zero-order chi connectivity index (χ0) is 19.2. The number of aromatic nitrogens is 1. The van der Waals surface area contributed by atoms with Crippen LogP contribution in [0.2, 0.25) is 0 Å². The van der Waals surface area contributed by atoms with Crippen LogP contribution in [-0.4, -0.2) is 28.0 Å². The van der Waals surface area contributed by atoms with E-state index in [9.17, 15) is 5.21 Å². The number of hydrogen-bond donors (Lipinski definition) is 1. The Morgan fingerprint density at radius 2 is 1.96 bits per heavy atom. The summed E-state index contributed by atoms with van der Waals surface area (Å²) in [5.41, 5.74) is 1.82. The lowest BCUT2D eigenvalue weighted by Crippen LogP contribution is -2.27. The summed E-state index contributed by atoms with van der Waals surface area (Å²) in [6.45, 7) is 4.74. The van der Waals surface area contributed by atoms with Crippen LogP contribution in [0.25, 0.3) is 0 Å². The number of furan rings is 1. The highest BCUT2D eigenvalue weighted by atomic mass is 16.5. The maximum atomic E-state index is 9.60. The highest BCUT2D eigenvalue weighted by Gasteiger charge is 2.18. The van der Waals surface area contributed by atoms with E-state index in [2.05, 4.69) is 24.0 Å². The third-order valence-corrected chi connectivity index (χ3v) is 4.20. The molecule has 0 bridgehead atoms. The van der Waals surface area contributed by atoms with Crippen molar-refractivity contribution in [2.75, 3.05) is 7.05 Å². The normalized spacial score (nSPS) is 11.6. The zero-order valence-electron chi connectivity index (χ0n) is 15.7. The molecule has 6 nitrogen and oxygen atoms in total. The van der Waals surface area contributed by atoms with Gasteiger partial charge in [-0.15, -0.1) is 0 Å². The van der Waals surface area contributed by atoms with E-state index in [1.165, 1.54) is 5.56 Å². The molecule has 0 radical (unpaired) electrons. The Morgan fingerprint density at radius 1 is 1.19 bits per heavy atom. The van der Waals surface area contributed by atoms with Gasteiger partial charge in [-0.2, -0.15) is 0 Å². The molecule has 1 aromatic carbocycles. The van der Waals surface area contributed by atoms with Crippen molar-refractivity contribution >= 4 is 5.84 Å². The Balaban J connectivity index is 1.83. The molecular formula is C21H23N3O3. The first-order valence-electron chi connectivity index (χ1n) is 8.77. The van der Waals surface area contributed by atoms with Crippen molar-refractivity contribution in [3.63, 3.8) is 0 Å². The summed E-state index contributed by atoms with van der Waals surface area (Å²) in [5, 5.41) is 13.1. The number of nitrogens with zero attached hydrogens (tertiary/aromatic N) is 3. The molecule has 2 heterocycles. The average molecular weight is 365 g/mol. The molecule has 27 heavy (non-hydrogen) atoms. The summed E-state index contributed by atoms with van der Waals surface area (Å²) in [6, 6.07) is 15.2. The van der Waals surface area contributed by atoms with Crippen molar-refractivity contribution in [3.05, 3.63) is 77.9 Å². The summed E-state index contributed by atoms with van der Waals surface area (Å²) >= 11 is 0. The molecule has 2 aromatic heterocycles. The number of benzene rings is 1. The Bertz CT molecular complexity index is 887. The fourth-order valence-corrected chi connectivity index (χ4v) is 2.72. The summed E-state index contributed by atoms with van der Waals surface area (Å²) in [6.07, 6.45) is 3.25. The maximum Gasteiger partial charge on any atom is 0.230 e. The molecule has 1 N–H and O–H groups in total. The van der Waals surface area contributed by atoms with E-state index in [1.54, 1.807) is 29.5 Å². The second-order valence-corrected chi connectivity index (χ2v) is 6.54. The van der Waals surface area contributed by atoms with Crippen LogP contribution in [0, 0.1) is 0 Å². The minimum absolute atomic E-state index is 0.341. The Morgan fingerprint density at radius 3 is 2.59 bits per heavy atom. The molecule has 0 fully saturated rings. The summed E-state index contributed by atoms with van der Waals surface area (Å²) in [4.78, 5) is 6.08. The number of oxime groups is 1. The lowest BCUT2D eigenvalue weighted by molar-refractivity contribution is 0.302. The van der Waals surface area contributed by atoms with E-state index in [0.29, 0.717) is 35.5 Å². The van der Waals surface area contributed by atoms with E-state index in [4.69, 9.17) is 9.15 Å². The first-order chi connectivity index (χ1) is 13.1. The van der Waals surface area contributed by atoms with Crippen LogP contribution in [0.5, 0.6) is 11.6 Å². The molecule has 0 aliphatic heterocycles. The van der Waals surface area contributed by atoms with E-state index < -0.39 is 0 Å². The molecule has 0 unspecified atom stereocenters. The highest BCUT2D eigenvalue weighted by molar-refractivity contribution is 6.00. The summed E-state index contributed by atoms with van der Waals surface area (Å²) < 4.78 is 11.3. The Hall–Kier alpha value is -3.28. The van der Waals surface area contributed by atoms with Gasteiger partial charge in [0.2, 0.25) is 5.88 Å². The molecule has 0 atom stereocenters. The molecular weight excluding hydrogens is 342 g/mol. The van der Waals surface area contributed by atoms with Crippen molar-refractivity contribution < 1.29 is 14.4 Å². The van der Waals surface area contributed by atoms with E-state index in [1.807, 2.05) is 43.4 Å². The topological polar surface area (TPSA) is 71.1 Å². The van der Waals surface area contributed by atoms with Crippen molar-refractivity contribution in [3.8, 4) is 11.6 Å². The van der Waals surface area contributed by atoms with Crippen molar-refractivity contribution in [2.24, 2.45) is 5.16 Å². The smallest absolute Gasteiger partial charge is 0.230 e. The Kier molecular flexibility index (Phi) is 5.76. The SMILES string of the molecule is CC(C)c1ccc(Oc2ncccc2/C(=N/O)N(C)Cc2ccco2)cc1. The molecule has 0 aliphatic carbocycles. The van der Waals surface area contributed by atoms with Gasteiger partial charge in [-0.3, -0.25) is 0 Å². The molecule has 3 aromatic rings. The molecule has 140 valence electrons. The van der Waals surface area contributed by atoms with Gasteiger partial charge < -0.3 is 19.3 Å². The van der Waals surface area contributed by atoms with Crippen LogP contribution < -0.4 is 4.74 Å². The first-order valence-corrected chi connectivity index (χ1v) is 8.77. The highest BCUT2D eigenvalue weighted by Crippen LogP contribution is 2.26. The minimum atomic E-state index is 0.341. The molecule has 0 spiro atoms. The second kappa shape index (κ2) is 8.40. The van der Waals surface area contributed by atoms with Gasteiger partial charge in [0.05, 0.1) is 18.4 Å². The monoisotopic (exact) mass is 365 g/mol. The van der Waals surface area contributed by atoms with Gasteiger partial charge in [-0.25, -0.2) is 4.98 Å². The first kappa shape index (κ1) is 18.5. The van der Waals surface area contributed by atoms with Gasteiger partial charge in [0.15, 0.2) is 5.84 Å². The quantitative estimate of drug-likeness (QED) is 0.292. The van der Waals surface area contributed by atoms with Gasteiger partial charge >= 0.3 is 0 Å². The third kappa shape index (κ3) is 4.47. The number of rotatable bonds is 6. The molecule has 0 amide bonds. The van der Waals surface area contributed by atoms with Gasteiger partial charge in [-0.1, -0.05) is 31.1 Å². The van der Waals surface area contributed by atoms with Gasteiger partial charge in [0, 0.05) is 13.2 Å². The average Bonchev–Trinajstić information content (AvgIpc) is 3.17. The van der Waals surface area contributed by atoms with E-state index in [-0.39, 0.29) is 0 Å². The lowest BCUT2D eigenvalue weighted by Gasteiger charge is -2.20. The molecule has 0 aliphatic rings. The van der Waals surface area contributed by atoms with Gasteiger partial charge in [-0.05, 0) is 47.9 Å². The predicted octanol–water partition coefficient (Wildman–Crippen LogP) is 4.86.